The van der Waals surface area contributed by atoms with Gasteiger partial charge >= 0.3 is 12.1 Å². The van der Waals surface area contributed by atoms with Gasteiger partial charge in [0.1, 0.15) is 6.10 Å². The van der Waals surface area contributed by atoms with Crippen molar-refractivity contribution in [2.24, 2.45) is 11.8 Å². The fraction of sp³-hybridized carbons (Fsp3) is 0.758. The van der Waals surface area contributed by atoms with Crippen LogP contribution in [0.25, 0.3) is 0 Å². The maximum atomic E-state index is 12.8. The van der Waals surface area contributed by atoms with Crippen LogP contribution in [0.3, 0.4) is 0 Å². The number of piperazine rings is 1. The highest BCUT2D eigenvalue weighted by Gasteiger charge is 2.38. The molecule has 1 amide bonds. The molecule has 3 aliphatic rings. The van der Waals surface area contributed by atoms with E-state index in [4.69, 9.17) is 9.47 Å². The molecule has 0 spiro atoms. The van der Waals surface area contributed by atoms with Crippen LogP contribution in [-0.4, -0.2) is 113 Å². The Morgan fingerprint density at radius 1 is 1.17 bits per heavy atom. The second-order valence-corrected chi connectivity index (χ2v) is 13.6. The zero-order valence-corrected chi connectivity index (χ0v) is 26.9. The lowest BCUT2D eigenvalue weighted by Crippen LogP contribution is -2.56. The van der Waals surface area contributed by atoms with E-state index >= 15 is 0 Å². The smallest absolute Gasteiger partial charge is 0.410 e. The number of esters is 1. The lowest BCUT2D eigenvalue weighted by atomic mass is 9.86. The molecule has 2 fully saturated rings. The van der Waals surface area contributed by atoms with E-state index in [-0.39, 0.29) is 42.5 Å². The van der Waals surface area contributed by atoms with Gasteiger partial charge in [-0.25, -0.2) is 4.79 Å². The highest BCUT2D eigenvalue weighted by Crippen LogP contribution is 2.30. The summed E-state index contributed by atoms with van der Waals surface area (Å²) < 4.78 is 11.5. The molecule has 0 unspecified atom stereocenters. The predicted molar refractivity (Wildman–Crippen MR) is 165 cm³/mol. The van der Waals surface area contributed by atoms with E-state index in [0.29, 0.717) is 12.8 Å². The van der Waals surface area contributed by atoms with Crippen molar-refractivity contribution in [2.45, 2.75) is 103 Å². The Morgan fingerprint density at radius 3 is 2.50 bits per heavy atom. The Balaban J connectivity index is 1.71. The highest BCUT2D eigenvalue weighted by molar-refractivity contribution is 5.70. The Kier molecular flexibility index (Phi) is 12.2. The van der Waals surface area contributed by atoms with Crippen molar-refractivity contribution in [1.29, 1.82) is 0 Å². The summed E-state index contributed by atoms with van der Waals surface area (Å²) in [7, 11) is 2.11. The summed E-state index contributed by atoms with van der Waals surface area (Å²) in [5.41, 5.74) is -0.347. The minimum absolute atomic E-state index is 0.0154. The molecule has 0 radical (unpaired) electrons. The van der Waals surface area contributed by atoms with Crippen molar-refractivity contribution in [1.82, 2.24) is 14.7 Å². The van der Waals surface area contributed by atoms with Gasteiger partial charge in [-0.05, 0) is 66.0 Å². The van der Waals surface area contributed by atoms with Gasteiger partial charge in [0.05, 0.1) is 30.8 Å². The number of allylic oxidation sites excluding steroid dienone is 2. The molecule has 2 N–H and O–H groups in total. The quantitative estimate of drug-likeness (QED) is 0.271. The first-order chi connectivity index (χ1) is 19.7. The van der Waals surface area contributed by atoms with Crippen molar-refractivity contribution >= 4 is 12.1 Å². The molecule has 2 saturated heterocycles. The Labute approximate surface area is 253 Å². The summed E-state index contributed by atoms with van der Waals surface area (Å²) in [4.78, 5) is 31.7. The van der Waals surface area contributed by atoms with Crippen molar-refractivity contribution in [2.75, 3.05) is 46.4 Å². The van der Waals surface area contributed by atoms with Crippen LogP contribution in [0.4, 0.5) is 4.79 Å². The molecule has 3 heterocycles. The van der Waals surface area contributed by atoms with E-state index in [1.807, 2.05) is 50.8 Å². The average Bonchev–Trinajstić information content (AvgIpc) is 3.28. The van der Waals surface area contributed by atoms with Crippen molar-refractivity contribution < 1.29 is 29.3 Å². The molecule has 9 nitrogen and oxygen atoms in total. The third-order valence-electron chi connectivity index (χ3n) is 9.13. The topological polar surface area (TPSA) is 103 Å². The van der Waals surface area contributed by atoms with Gasteiger partial charge in [-0.1, -0.05) is 44.2 Å². The minimum Gasteiger partial charge on any atom is -0.457 e. The summed E-state index contributed by atoms with van der Waals surface area (Å²) >= 11 is 0. The largest absolute Gasteiger partial charge is 0.457 e. The number of carbonyl (C=O) groups excluding carboxylic acids is 2. The van der Waals surface area contributed by atoms with Gasteiger partial charge in [0.25, 0.3) is 0 Å². The Hall–Kier alpha value is -2.20. The first-order valence-electron chi connectivity index (χ1n) is 15.7. The number of aliphatic hydroxyl groups is 2. The second-order valence-electron chi connectivity index (χ2n) is 13.6. The molecule has 0 bridgehead atoms. The molecule has 0 aromatic carbocycles. The van der Waals surface area contributed by atoms with E-state index in [9.17, 15) is 19.8 Å². The average molecular weight is 590 g/mol. The molecule has 3 aliphatic heterocycles. The number of cyclic esters (lactones) is 1. The SMILES string of the molecule is C/C(=C\C=C\[C@@H](C)COC(=O)N1CCCC1(C)C)[C@H]1OC(=O)C[C@@H](O)CC[C@](C)(O)[C@@H](N2CCN(C)CC2)/C=C/[C@@H]1C. The standard InChI is InChI=1S/C33H55N3O6/c1-24(23-41-31(39)36-17-9-15-32(36,4)5)10-8-11-25(2)30-26(3)12-13-28(35-20-18-34(7)19-21-35)33(6,40)16-14-27(37)22-29(38)42-30/h8,10-13,24,26-28,30,37,40H,9,14-23H2,1-7H3/b10-8+,13-12+,25-11+/t24-,26+,27+,28+,30-,33+/m1/s1. The molecule has 0 saturated carbocycles. The number of hydrogen-bond donors (Lipinski definition) is 2. The summed E-state index contributed by atoms with van der Waals surface area (Å²) in [5, 5.41) is 22.1. The number of likely N-dealkylation sites (N-methyl/N-ethyl adjacent to an activating group) is 1. The van der Waals surface area contributed by atoms with Crippen LogP contribution in [0.5, 0.6) is 0 Å². The van der Waals surface area contributed by atoms with Crippen LogP contribution in [-0.2, 0) is 14.3 Å². The van der Waals surface area contributed by atoms with Gasteiger partial charge in [0.2, 0.25) is 0 Å². The van der Waals surface area contributed by atoms with E-state index in [1.165, 1.54) is 0 Å². The summed E-state index contributed by atoms with van der Waals surface area (Å²) in [6, 6.07) is -0.212. The van der Waals surface area contributed by atoms with Crippen molar-refractivity contribution in [3.05, 3.63) is 36.0 Å². The normalized spacial score (nSPS) is 34.0. The maximum absolute atomic E-state index is 12.8. The van der Waals surface area contributed by atoms with Crippen LogP contribution in [0, 0.1) is 11.8 Å². The van der Waals surface area contributed by atoms with Crippen LogP contribution in [0.15, 0.2) is 36.0 Å². The first kappa shape index (κ1) is 34.3. The van der Waals surface area contributed by atoms with E-state index in [2.05, 4.69) is 42.8 Å². The number of carbonyl (C=O) groups is 2. The van der Waals surface area contributed by atoms with Gasteiger partial charge in [0.15, 0.2) is 0 Å². The van der Waals surface area contributed by atoms with Crippen LogP contribution >= 0.6 is 0 Å². The van der Waals surface area contributed by atoms with E-state index in [0.717, 1.165) is 51.1 Å². The lowest BCUT2D eigenvalue weighted by Gasteiger charge is -2.43. The maximum Gasteiger partial charge on any atom is 0.410 e. The fourth-order valence-corrected chi connectivity index (χ4v) is 6.18. The molecule has 42 heavy (non-hydrogen) atoms. The molecule has 9 heteroatoms. The molecule has 0 aliphatic carbocycles. The molecule has 3 rings (SSSR count). The summed E-state index contributed by atoms with van der Waals surface area (Å²) in [6.07, 6.45) is 10.8. The van der Waals surface area contributed by atoms with Crippen molar-refractivity contribution in [3.8, 4) is 0 Å². The lowest BCUT2D eigenvalue weighted by molar-refractivity contribution is -0.151. The Bertz CT molecular complexity index is 998. The fourth-order valence-electron chi connectivity index (χ4n) is 6.18. The Morgan fingerprint density at radius 2 is 1.86 bits per heavy atom. The minimum atomic E-state index is -1.05. The molecule has 6 atom stereocenters. The van der Waals surface area contributed by atoms with Crippen LogP contribution in [0.2, 0.25) is 0 Å². The van der Waals surface area contributed by atoms with E-state index in [1.54, 1.807) is 0 Å². The highest BCUT2D eigenvalue weighted by atomic mass is 16.6. The van der Waals surface area contributed by atoms with Crippen LogP contribution < -0.4 is 0 Å². The molecule has 0 aromatic heterocycles. The monoisotopic (exact) mass is 589 g/mol. The zero-order valence-electron chi connectivity index (χ0n) is 26.9. The zero-order chi connectivity index (χ0) is 31.1. The third-order valence-corrected chi connectivity index (χ3v) is 9.13. The summed E-state index contributed by atoms with van der Waals surface area (Å²) in [6.45, 7) is 16.5. The number of likely N-dealkylation sites (tertiary alicyclic amines) is 1. The van der Waals surface area contributed by atoms with Gasteiger partial charge in [0, 0.05) is 50.1 Å². The van der Waals surface area contributed by atoms with Crippen LogP contribution in [0.1, 0.15) is 73.6 Å². The van der Waals surface area contributed by atoms with E-state index < -0.39 is 23.8 Å². The second kappa shape index (κ2) is 15.0. The molecule has 238 valence electrons. The number of hydrogen-bond acceptors (Lipinski definition) is 8. The molecular weight excluding hydrogens is 534 g/mol. The van der Waals surface area contributed by atoms with Gasteiger partial charge in [-0.15, -0.1) is 0 Å². The summed E-state index contributed by atoms with van der Waals surface area (Å²) in [5.74, 6) is -0.588. The van der Waals surface area contributed by atoms with Gasteiger partial charge < -0.3 is 29.5 Å². The third kappa shape index (κ3) is 9.66. The number of aliphatic hydroxyl groups excluding tert-OH is 1. The van der Waals surface area contributed by atoms with Gasteiger partial charge in [-0.2, -0.15) is 0 Å². The number of rotatable bonds is 6. The molecular formula is C33H55N3O6. The number of ether oxygens (including phenoxy) is 2. The van der Waals surface area contributed by atoms with Gasteiger partial charge in [-0.3, -0.25) is 9.69 Å². The van der Waals surface area contributed by atoms with Crippen molar-refractivity contribution in [3.63, 3.8) is 0 Å². The number of amides is 1. The predicted octanol–water partition coefficient (Wildman–Crippen LogP) is 4.15. The first-order valence-corrected chi connectivity index (χ1v) is 15.7. The number of nitrogens with zero attached hydrogens (tertiary/aromatic N) is 3. The molecule has 0 aromatic rings.